The van der Waals surface area contributed by atoms with Gasteiger partial charge in [-0.25, -0.2) is 4.79 Å². The van der Waals surface area contributed by atoms with Gasteiger partial charge in [0.1, 0.15) is 11.9 Å². The fraction of sp³-hybridized carbons (Fsp3) is 0.632. The minimum atomic E-state index is 0.0118. The van der Waals surface area contributed by atoms with Gasteiger partial charge in [-0.15, -0.1) is 0 Å². The van der Waals surface area contributed by atoms with Gasteiger partial charge in [0.15, 0.2) is 0 Å². The molecule has 5 heteroatoms. The number of benzene rings is 1. The Kier molecular flexibility index (Phi) is 4.12. The molecule has 1 spiro atoms. The average molecular weight is 330 g/mol. The van der Waals surface area contributed by atoms with Crippen molar-refractivity contribution in [2.45, 2.75) is 45.1 Å². The van der Waals surface area contributed by atoms with Crippen LogP contribution in [0.4, 0.5) is 10.5 Å². The molecule has 5 nitrogen and oxygen atoms in total. The number of urea groups is 1. The van der Waals surface area contributed by atoms with Gasteiger partial charge < -0.3 is 19.7 Å². The number of carbonyl (C=O) groups is 1. The third-order valence-electron chi connectivity index (χ3n) is 5.76. The van der Waals surface area contributed by atoms with Gasteiger partial charge in [0.05, 0.1) is 13.2 Å². The lowest BCUT2D eigenvalue weighted by Gasteiger charge is -2.37. The molecular formula is C19H26N2O3. The Morgan fingerprint density at radius 3 is 2.92 bits per heavy atom. The zero-order valence-electron chi connectivity index (χ0n) is 14.3. The third kappa shape index (κ3) is 3.09. The van der Waals surface area contributed by atoms with Crippen molar-refractivity contribution >= 4 is 11.7 Å². The summed E-state index contributed by atoms with van der Waals surface area (Å²) in [5.74, 6) is 0.834. The third-order valence-corrected chi connectivity index (χ3v) is 5.76. The summed E-state index contributed by atoms with van der Waals surface area (Å²) in [5, 5.41) is 3.04. The lowest BCUT2D eigenvalue weighted by Crippen LogP contribution is -2.37. The van der Waals surface area contributed by atoms with Crippen molar-refractivity contribution in [1.82, 2.24) is 4.90 Å². The van der Waals surface area contributed by atoms with E-state index in [1.54, 1.807) is 0 Å². The van der Waals surface area contributed by atoms with E-state index in [-0.39, 0.29) is 12.1 Å². The number of likely N-dealkylation sites (tertiary alicyclic amines) is 1. The topological polar surface area (TPSA) is 50.8 Å². The number of anilines is 1. The van der Waals surface area contributed by atoms with Crippen LogP contribution in [-0.4, -0.2) is 43.3 Å². The predicted molar refractivity (Wildman–Crippen MR) is 92.5 cm³/mol. The van der Waals surface area contributed by atoms with Crippen molar-refractivity contribution in [2.75, 3.05) is 31.6 Å². The number of rotatable bonds is 3. The standard InChI is InChI=1S/C19H26N2O3/c1-14-3-4-15(11-17(14)24-16-5-10-23-12-16)20-18(22)21-9-8-19(13-21)6-2-7-19/h3-4,11,16H,2,5-10,12-13H2,1H3,(H,20,22)/t16-/m1/s1. The SMILES string of the molecule is Cc1ccc(NC(=O)N2CCC3(CCC3)C2)cc1O[C@@H]1CCOC1. The van der Waals surface area contributed by atoms with Crippen LogP contribution in [0.2, 0.25) is 0 Å². The molecule has 3 fully saturated rings. The number of hydrogen-bond donors (Lipinski definition) is 1. The first-order chi connectivity index (χ1) is 11.6. The van der Waals surface area contributed by atoms with E-state index in [4.69, 9.17) is 9.47 Å². The van der Waals surface area contributed by atoms with E-state index < -0.39 is 0 Å². The average Bonchev–Trinajstić information content (AvgIpc) is 3.19. The molecule has 4 rings (SSSR count). The van der Waals surface area contributed by atoms with Gasteiger partial charge >= 0.3 is 6.03 Å². The number of nitrogens with one attached hydrogen (secondary N) is 1. The van der Waals surface area contributed by atoms with E-state index in [9.17, 15) is 4.79 Å². The van der Waals surface area contributed by atoms with Crippen molar-refractivity contribution in [2.24, 2.45) is 5.41 Å². The maximum atomic E-state index is 12.5. The van der Waals surface area contributed by atoms with Crippen LogP contribution >= 0.6 is 0 Å². The molecule has 0 aromatic heterocycles. The van der Waals surface area contributed by atoms with E-state index in [0.717, 1.165) is 49.5 Å². The summed E-state index contributed by atoms with van der Waals surface area (Å²) < 4.78 is 11.4. The first-order valence-electron chi connectivity index (χ1n) is 9.05. The van der Waals surface area contributed by atoms with Crippen LogP contribution in [0.3, 0.4) is 0 Å². The van der Waals surface area contributed by atoms with E-state index in [1.807, 2.05) is 30.0 Å². The smallest absolute Gasteiger partial charge is 0.321 e. The molecule has 130 valence electrons. The predicted octanol–water partition coefficient (Wildman–Crippen LogP) is 3.57. The van der Waals surface area contributed by atoms with Crippen LogP contribution in [0, 0.1) is 12.3 Å². The van der Waals surface area contributed by atoms with Gasteiger partial charge in [0.2, 0.25) is 0 Å². The minimum absolute atomic E-state index is 0.0118. The van der Waals surface area contributed by atoms with E-state index in [2.05, 4.69) is 5.32 Å². The van der Waals surface area contributed by atoms with Gasteiger partial charge in [0.25, 0.3) is 0 Å². The molecule has 2 heterocycles. The lowest BCUT2D eigenvalue weighted by atomic mass is 9.68. The van der Waals surface area contributed by atoms with E-state index in [1.165, 1.54) is 19.3 Å². The van der Waals surface area contributed by atoms with Crippen molar-refractivity contribution in [1.29, 1.82) is 0 Å². The molecule has 2 amide bonds. The molecule has 0 unspecified atom stereocenters. The molecule has 3 aliphatic rings. The summed E-state index contributed by atoms with van der Waals surface area (Å²) in [6.07, 6.45) is 6.08. The second kappa shape index (κ2) is 6.28. The molecule has 24 heavy (non-hydrogen) atoms. The monoisotopic (exact) mass is 330 g/mol. The molecule has 1 saturated carbocycles. The fourth-order valence-corrected chi connectivity index (χ4v) is 3.99. The number of nitrogens with zero attached hydrogens (tertiary/aromatic N) is 1. The molecule has 1 atom stereocenters. The van der Waals surface area contributed by atoms with Crippen molar-refractivity contribution < 1.29 is 14.3 Å². The maximum absolute atomic E-state index is 12.5. The molecular weight excluding hydrogens is 304 g/mol. The molecule has 2 aliphatic heterocycles. The number of ether oxygens (including phenoxy) is 2. The van der Waals surface area contributed by atoms with Crippen molar-refractivity contribution in [3.63, 3.8) is 0 Å². The highest BCUT2D eigenvalue weighted by Gasteiger charge is 2.44. The minimum Gasteiger partial charge on any atom is -0.488 e. The first kappa shape index (κ1) is 15.8. The first-order valence-corrected chi connectivity index (χ1v) is 9.05. The van der Waals surface area contributed by atoms with Crippen LogP contribution in [0.25, 0.3) is 0 Å². The highest BCUT2D eigenvalue weighted by Crippen LogP contribution is 2.48. The second-order valence-corrected chi connectivity index (χ2v) is 7.54. The highest BCUT2D eigenvalue weighted by atomic mass is 16.5. The summed E-state index contributed by atoms with van der Waals surface area (Å²) in [6.45, 7) is 5.22. The van der Waals surface area contributed by atoms with Gasteiger partial charge in [-0.05, 0) is 43.2 Å². The number of hydrogen-bond acceptors (Lipinski definition) is 3. The van der Waals surface area contributed by atoms with E-state index in [0.29, 0.717) is 12.0 Å². The van der Waals surface area contributed by atoms with Crippen molar-refractivity contribution in [3.05, 3.63) is 23.8 Å². The Bertz CT molecular complexity index is 621. The highest BCUT2D eigenvalue weighted by molar-refractivity contribution is 5.89. The Labute approximate surface area is 143 Å². The summed E-state index contributed by atoms with van der Waals surface area (Å²) in [4.78, 5) is 14.5. The molecule has 0 radical (unpaired) electrons. The van der Waals surface area contributed by atoms with Gasteiger partial charge in [-0.2, -0.15) is 0 Å². The Morgan fingerprint density at radius 1 is 1.38 bits per heavy atom. The maximum Gasteiger partial charge on any atom is 0.321 e. The zero-order chi connectivity index (χ0) is 16.6. The quantitative estimate of drug-likeness (QED) is 0.922. The van der Waals surface area contributed by atoms with Gasteiger partial charge in [-0.3, -0.25) is 0 Å². The Hall–Kier alpha value is -1.75. The lowest BCUT2D eigenvalue weighted by molar-refractivity contribution is 0.141. The van der Waals surface area contributed by atoms with Crippen LogP contribution in [-0.2, 0) is 4.74 Å². The zero-order valence-corrected chi connectivity index (χ0v) is 14.3. The van der Waals surface area contributed by atoms with Crippen LogP contribution < -0.4 is 10.1 Å². The normalized spacial score (nSPS) is 24.9. The van der Waals surface area contributed by atoms with Crippen LogP contribution in [0.15, 0.2) is 18.2 Å². The summed E-state index contributed by atoms with van der Waals surface area (Å²) in [6, 6.07) is 5.89. The summed E-state index contributed by atoms with van der Waals surface area (Å²) in [5.41, 5.74) is 2.31. The number of carbonyl (C=O) groups excluding carboxylic acids is 1. The van der Waals surface area contributed by atoms with E-state index >= 15 is 0 Å². The molecule has 1 N–H and O–H groups in total. The fourth-order valence-electron chi connectivity index (χ4n) is 3.99. The molecule has 1 aromatic rings. The number of amides is 2. The van der Waals surface area contributed by atoms with Gasteiger partial charge in [-0.1, -0.05) is 12.5 Å². The second-order valence-electron chi connectivity index (χ2n) is 7.54. The van der Waals surface area contributed by atoms with Crippen LogP contribution in [0.1, 0.15) is 37.7 Å². The Balaban J connectivity index is 1.39. The molecule has 1 aliphatic carbocycles. The number of aryl methyl sites for hydroxylation is 1. The largest absolute Gasteiger partial charge is 0.488 e. The molecule has 2 saturated heterocycles. The van der Waals surface area contributed by atoms with Gasteiger partial charge in [0, 0.05) is 31.3 Å². The summed E-state index contributed by atoms with van der Waals surface area (Å²) >= 11 is 0. The van der Waals surface area contributed by atoms with Crippen LogP contribution in [0.5, 0.6) is 5.75 Å². The summed E-state index contributed by atoms with van der Waals surface area (Å²) in [7, 11) is 0. The molecule has 0 bridgehead atoms. The molecule has 1 aromatic carbocycles. The Morgan fingerprint density at radius 2 is 2.25 bits per heavy atom. The van der Waals surface area contributed by atoms with Crippen molar-refractivity contribution in [3.8, 4) is 5.75 Å².